The van der Waals surface area contributed by atoms with E-state index in [1.165, 1.54) is 24.8 Å². The summed E-state index contributed by atoms with van der Waals surface area (Å²) in [7, 11) is 0. The zero-order valence-corrected chi connectivity index (χ0v) is 15.2. The summed E-state index contributed by atoms with van der Waals surface area (Å²) in [6, 6.07) is 20.9. The number of nitrogens with zero attached hydrogens (tertiary/aromatic N) is 1. The van der Waals surface area contributed by atoms with Crippen LogP contribution in [-0.4, -0.2) is 17.0 Å². The fourth-order valence-corrected chi connectivity index (χ4v) is 4.42. The van der Waals surface area contributed by atoms with Crippen molar-refractivity contribution in [1.82, 2.24) is 4.90 Å². The van der Waals surface area contributed by atoms with Crippen LogP contribution in [0.2, 0.25) is 0 Å². The third-order valence-corrected chi connectivity index (χ3v) is 5.81. The zero-order chi connectivity index (χ0) is 16.7. The van der Waals surface area contributed by atoms with E-state index < -0.39 is 0 Å². The lowest BCUT2D eigenvalue weighted by Gasteiger charge is -2.38. The standard InChI is InChI=1S/C23H29N/c1-23(2,3)24-16-19(17-9-5-4-6-10-17)15-22(24)21-12-8-7-11-20(21)18-13-14-18/h4-12,18-19,22H,13-16H2,1-3H3/t19?,22-/m0/s1. The molecule has 2 aliphatic rings. The van der Waals surface area contributed by atoms with E-state index in [0.29, 0.717) is 12.0 Å². The molecule has 0 N–H and O–H groups in total. The quantitative estimate of drug-likeness (QED) is 0.681. The molecule has 2 aromatic carbocycles. The van der Waals surface area contributed by atoms with Gasteiger partial charge in [-0.25, -0.2) is 0 Å². The maximum atomic E-state index is 2.74. The molecule has 4 rings (SSSR count). The van der Waals surface area contributed by atoms with Crippen molar-refractivity contribution < 1.29 is 0 Å². The van der Waals surface area contributed by atoms with E-state index in [9.17, 15) is 0 Å². The number of hydrogen-bond acceptors (Lipinski definition) is 1. The second kappa shape index (κ2) is 6.04. The molecular weight excluding hydrogens is 290 g/mol. The summed E-state index contributed by atoms with van der Waals surface area (Å²) in [4.78, 5) is 2.74. The molecule has 1 unspecified atom stereocenters. The van der Waals surface area contributed by atoms with Gasteiger partial charge in [0.25, 0.3) is 0 Å². The SMILES string of the molecule is CC(C)(C)N1CC(c2ccccc2)C[C@H]1c1ccccc1C1CC1. The molecule has 1 aliphatic heterocycles. The molecule has 24 heavy (non-hydrogen) atoms. The van der Waals surface area contributed by atoms with E-state index in [0.717, 1.165) is 12.5 Å². The second-order valence-electron chi connectivity index (χ2n) is 8.59. The molecule has 1 nitrogen and oxygen atoms in total. The molecule has 1 aliphatic carbocycles. The van der Waals surface area contributed by atoms with Crippen molar-refractivity contribution in [3.05, 3.63) is 71.3 Å². The molecule has 1 heterocycles. The lowest BCUT2D eigenvalue weighted by molar-refractivity contribution is 0.120. The topological polar surface area (TPSA) is 3.24 Å². The van der Waals surface area contributed by atoms with Crippen molar-refractivity contribution in [2.45, 2.75) is 63.5 Å². The van der Waals surface area contributed by atoms with Gasteiger partial charge in [-0.2, -0.15) is 0 Å². The third-order valence-electron chi connectivity index (χ3n) is 5.81. The normalized spacial score (nSPS) is 25.1. The van der Waals surface area contributed by atoms with E-state index in [1.807, 2.05) is 0 Å². The Morgan fingerprint density at radius 3 is 2.04 bits per heavy atom. The molecule has 2 aromatic rings. The van der Waals surface area contributed by atoms with Crippen molar-refractivity contribution in [2.24, 2.45) is 0 Å². The van der Waals surface area contributed by atoms with Gasteiger partial charge in [-0.3, -0.25) is 4.90 Å². The highest BCUT2D eigenvalue weighted by molar-refractivity contribution is 5.37. The molecule has 2 atom stereocenters. The second-order valence-corrected chi connectivity index (χ2v) is 8.59. The predicted molar refractivity (Wildman–Crippen MR) is 101 cm³/mol. The van der Waals surface area contributed by atoms with E-state index in [4.69, 9.17) is 0 Å². The highest BCUT2D eigenvalue weighted by Gasteiger charge is 2.41. The van der Waals surface area contributed by atoms with Gasteiger partial charge < -0.3 is 0 Å². The van der Waals surface area contributed by atoms with Crippen LogP contribution in [0.4, 0.5) is 0 Å². The lowest BCUT2D eigenvalue weighted by atomic mass is 9.90. The Kier molecular flexibility index (Phi) is 4.00. The van der Waals surface area contributed by atoms with Crippen LogP contribution in [0.5, 0.6) is 0 Å². The van der Waals surface area contributed by atoms with Crippen molar-refractivity contribution in [3.63, 3.8) is 0 Å². The Labute approximate surface area is 146 Å². The molecule has 2 fully saturated rings. The monoisotopic (exact) mass is 319 g/mol. The molecule has 1 saturated carbocycles. The van der Waals surface area contributed by atoms with Crippen LogP contribution < -0.4 is 0 Å². The van der Waals surface area contributed by atoms with Crippen molar-refractivity contribution in [1.29, 1.82) is 0 Å². The first kappa shape index (κ1) is 15.9. The molecule has 0 bridgehead atoms. The van der Waals surface area contributed by atoms with Gasteiger partial charge in [-0.1, -0.05) is 54.6 Å². The Morgan fingerprint density at radius 2 is 1.42 bits per heavy atom. The Morgan fingerprint density at radius 1 is 0.792 bits per heavy atom. The lowest BCUT2D eigenvalue weighted by Crippen LogP contribution is -2.41. The summed E-state index contributed by atoms with van der Waals surface area (Å²) in [6.07, 6.45) is 3.99. The van der Waals surface area contributed by atoms with E-state index in [-0.39, 0.29) is 5.54 Å². The number of benzene rings is 2. The minimum Gasteiger partial charge on any atom is -0.291 e. The van der Waals surface area contributed by atoms with Crippen LogP contribution in [0, 0.1) is 0 Å². The molecule has 0 aromatic heterocycles. The summed E-state index contributed by atoms with van der Waals surface area (Å²) in [5, 5.41) is 0. The van der Waals surface area contributed by atoms with Gasteiger partial charge in [-0.05, 0) is 68.6 Å². The number of likely N-dealkylation sites (tertiary alicyclic amines) is 1. The average Bonchev–Trinajstić information content (AvgIpc) is 3.32. The van der Waals surface area contributed by atoms with Crippen LogP contribution in [0.25, 0.3) is 0 Å². The smallest absolute Gasteiger partial charge is 0.0362 e. The van der Waals surface area contributed by atoms with Crippen LogP contribution in [-0.2, 0) is 0 Å². The van der Waals surface area contributed by atoms with Crippen molar-refractivity contribution >= 4 is 0 Å². The summed E-state index contributed by atoms with van der Waals surface area (Å²) >= 11 is 0. The maximum absolute atomic E-state index is 2.74. The van der Waals surface area contributed by atoms with Gasteiger partial charge >= 0.3 is 0 Å². The fourth-order valence-electron chi connectivity index (χ4n) is 4.42. The summed E-state index contributed by atoms with van der Waals surface area (Å²) in [5.41, 5.74) is 4.90. The number of rotatable bonds is 3. The van der Waals surface area contributed by atoms with Crippen LogP contribution in [0.1, 0.15) is 74.6 Å². The van der Waals surface area contributed by atoms with Crippen LogP contribution in [0.15, 0.2) is 54.6 Å². The number of hydrogen-bond donors (Lipinski definition) is 0. The van der Waals surface area contributed by atoms with Crippen LogP contribution in [0.3, 0.4) is 0 Å². The Balaban J connectivity index is 1.70. The van der Waals surface area contributed by atoms with Gasteiger partial charge in [0.05, 0.1) is 0 Å². The third kappa shape index (κ3) is 3.02. The fraction of sp³-hybridized carbons (Fsp3) is 0.478. The minimum atomic E-state index is 0.199. The zero-order valence-electron chi connectivity index (χ0n) is 15.2. The molecule has 1 saturated heterocycles. The van der Waals surface area contributed by atoms with E-state index in [1.54, 1.807) is 11.1 Å². The summed E-state index contributed by atoms with van der Waals surface area (Å²) in [5.74, 6) is 1.46. The molecule has 0 radical (unpaired) electrons. The molecule has 0 amide bonds. The van der Waals surface area contributed by atoms with E-state index >= 15 is 0 Å². The Hall–Kier alpha value is -1.60. The first-order valence-electron chi connectivity index (χ1n) is 9.44. The minimum absolute atomic E-state index is 0.199. The Bertz CT molecular complexity index is 693. The largest absolute Gasteiger partial charge is 0.291 e. The summed E-state index contributed by atoms with van der Waals surface area (Å²) < 4.78 is 0. The predicted octanol–water partition coefficient (Wildman–Crippen LogP) is 5.89. The van der Waals surface area contributed by atoms with Crippen LogP contribution >= 0.6 is 0 Å². The first-order chi connectivity index (χ1) is 11.5. The average molecular weight is 319 g/mol. The highest BCUT2D eigenvalue weighted by atomic mass is 15.2. The molecular formula is C23H29N. The van der Waals surface area contributed by atoms with Gasteiger partial charge in [0, 0.05) is 18.1 Å². The molecule has 0 spiro atoms. The van der Waals surface area contributed by atoms with Gasteiger partial charge in [-0.15, -0.1) is 0 Å². The van der Waals surface area contributed by atoms with Crippen molar-refractivity contribution in [2.75, 3.05) is 6.54 Å². The molecule has 1 heteroatoms. The first-order valence-corrected chi connectivity index (χ1v) is 9.44. The molecule has 126 valence electrons. The van der Waals surface area contributed by atoms with Gasteiger partial charge in [0.15, 0.2) is 0 Å². The van der Waals surface area contributed by atoms with Gasteiger partial charge in [0.1, 0.15) is 0 Å². The maximum Gasteiger partial charge on any atom is 0.0362 e. The van der Waals surface area contributed by atoms with Crippen molar-refractivity contribution in [3.8, 4) is 0 Å². The van der Waals surface area contributed by atoms with E-state index in [2.05, 4.69) is 80.3 Å². The van der Waals surface area contributed by atoms with Gasteiger partial charge in [0.2, 0.25) is 0 Å². The highest BCUT2D eigenvalue weighted by Crippen LogP contribution is 2.49. The summed E-state index contributed by atoms with van der Waals surface area (Å²) in [6.45, 7) is 8.27.